The predicted octanol–water partition coefficient (Wildman–Crippen LogP) is 4.35. The highest BCUT2D eigenvalue weighted by molar-refractivity contribution is 9.10. The van der Waals surface area contributed by atoms with Crippen LogP contribution in [0.1, 0.15) is 6.42 Å². The van der Waals surface area contributed by atoms with Crippen molar-refractivity contribution in [3.05, 3.63) is 57.1 Å². The molecule has 9 heteroatoms. The number of halogens is 1. The number of aromatic amines is 1. The second kappa shape index (κ2) is 7.66. The lowest BCUT2D eigenvalue weighted by molar-refractivity contribution is -0.384. The monoisotopic (exact) mass is 420 g/mol. The number of nitro groups is 1. The van der Waals surface area contributed by atoms with Crippen LogP contribution in [0.25, 0.3) is 11.0 Å². The number of hydrogen-bond donors (Lipinski definition) is 2. The lowest BCUT2D eigenvalue weighted by Crippen LogP contribution is -2.12. The average molecular weight is 421 g/mol. The summed E-state index contributed by atoms with van der Waals surface area (Å²) in [7, 11) is 0. The van der Waals surface area contributed by atoms with E-state index in [-0.39, 0.29) is 11.6 Å². The Balaban J connectivity index is 1.56. The van der Waals surface area contributed by atoms with Crippen LogP contribution in [0.5, 0.6) is 0 Å². The van der Waals surface area contributed by atoms with Gasteiger partial charge in [0.25, 0.3) is 5.69 Å². The number of imidazole rings is 1. The van der Waals surface area contributed by atoms with Gasteiger partial charge in [0.15, 0.2) is 5.16 Å². The minimum Gasteiger partial charge on any atom is -0.333 e. The van der Waals surface area contributed by atoms with Gasteiger partial charge in [-0.05, 0) is 34.1 Å². The number of carbonyl (C=O) groups excluding carboxylic acids is 1. The van der Waals surface area contributed by atoms with Crippen LogP contribution in [0.15, 0.2) is 52.1 Å². The van der Waals surface area contributed by atoms with E-state index in [1.54, 1.807) is 6.07 Å². The summed E-state index contributed by atoms with van der Waals surface area (Å²) in [5.41, 5.74) is 2.01. The lowest BCUT2D eigenvalue weighted by atomic mass is 10.3. The van der Waals surface area contributed by atoms with E-state index in [1.807, 2.05) is 24.3 Å². The number of carbonyl (C=O) groups is 1. The minimum absolute atomic E-state index is 0.0144. The molecular formula is C16H13BrN4O3S. The van der Waals surface area contributed by atoms with Gasteiger partial charge in [0, 0.05) is 28.8 Å². The number of para-hydroxylation sites is 1. The van der Waals surface area contributed by atoms with Crippen molar-refractivity contribution in [3.8, 4) is 0 Å². The number of non-ortho nitro benzene ring substituents is 1. The SMILES string of the molecule is O=C(CCSc1nc2ccc([N+](=O)[O-])cc2[nH]1)Nc1ccccc1Br. The van der Waals surface area contributed by atoms with E-state index in [2.05, 4.69) is 31.2 Å². The molecule has 0 saturated heterocycles. The summed E-state index contributed by atoms with van der Waals surface area (Å²) >= 11 is 4.78. The van der Waals surface area contributed by atoms with E-state index in [4.69, 9.17) is 0 Å². The molecule has 0 fully saturated rings. The van der Waals surface area contributed by atoms with Crippen LogP contribution in [0, 0.1) is 10.1 Å². The average Bonchev–Trinajstić information content (AvgIpc) is 2.98. The molecule has 2 aromatic carbocycles. The largest absolute Gasteiger partial charge is 0.333 e. The predicted molar refractivity (Wildman–Crippen MR) is 101 cm³/mol. The van der Waals surface area contributed by atoms with Crippen molar-refractivity contribution < 1.29 is 9.72 Å². The van der Waals surface area contributed by atoms with Crippen LogP contribution in [0.4, 0.5) is 11.4 Å². The van der Waals surface area contributed by atoms with E-state index in [1.165, 1.54) is 23.9 Å². The normalized spacial score (nSPS) is 10.8. The molecule has 0 bridgehead atoms. The van der Waals surface area contributed by atoms with Crippen LogP contribution in [-0.2, 0) is 4.79 Å². The fourth-order valence-corrected chi connectivity index (χ4v) is 3.38. The number of nitro benzene ring substituents is 1. The molecule has 1 heterocycles. The fourth-order valence-electron chi connectivity index (χ4n) is 2.17. The first-order chi connectivity index (χ1) is 12.0. The van der Waals surface area contributed by atoms with Crippen LogP contribution >= 0.6 is 27.7 Å². The molecule has 3 rings (SSSR count). The summed E-state index contributed by atoms with van der Waals surface area (Å²) in [6.07, 6.45) is 0.323. The third kappa shape index (κ3) is 4.37. The number of nitrogens with one attached hydrogen (secondary N) is 2. The first kappa shape index (κ1) is 17.4. The Bertz CT molecular complexity index is 944. The van der Waals surface area contributed by atoms with Gasteiger partial charge in [-0.25, -0.2) is 4.98 Å². The molecule has 128 valence electrons. The summed E-state index contributed by atoms with van der Waals surface area (Å²) in [5, 5.41) is 14.3. The smallest absolute Gasteiger partial charge is 0.271 e. The first-order valence-corrected chi connectivity index (χ1v) is 9.12. The standard InChI is InChI=1S/C16H13BrN4O3S/c17-11-3-1-2-4-12(11)18-15(22)7-8-25-16-19-13-6-5-10(21(23)24)9-14(13)20-16/h1-6,9H,7-8H2,(H,18,22)(H,19,20). The zero-order chi connectivity index (χ0) is 17.8. The van der Waals surface area contributed by atoms with Gasteiger partial charge >= 0.3 is 0 Å². The molecule has 0 aliphatic heterocycles. The fraction of sp³-hybridized carbons (Fsp3) is 0.125. The molecular weight excluding hydrogens is 408 g/mol. The van der Waals surface area contributed by atoms with Crippen molar-refractivity contribution in [1.29, 1.82) is 0 Å². The van der Waals surface area contributed by atoms with E-state index in [0.29, 0.717) is 28.4 Å². The number of fused-ring (bicyclic) bond motifs is 1. The Hall–Kier alpha value is -2.39. The Kier molecular flexibility index (Phi) is 5.34. The van der Waals surface area contributed by atoms with Gasteiger partial charge in [-0.3, -0.25) is 14.9 Å². The molecule has 7 nitrogen and oxygen atoms in total. The number of rotatable bonds is 6. The molecule has 0 saturated carbocycles. The molecule has 0 aliphatic rings. The van der Waals surface area contributed by atoms with E-state index >= 15 is 0 Å². The van der Waals surface area contributed by atoms with Gasteiger partial charge < -0.3 is 10.3 Å². The van der Waals surface area contributed by atoms with Gasteiger partial charge in [0.2, 0.25) is 5.91 Å². The quantitative estimate of drug-likeness (QED) is 0.350. The number of amides is 1. The maximum atomic E-state index is 12.0. The van der Waals surface area contributed by atoms with Crippen molar-refractivity contribution in [2.24, 2.45) is 0 Å². The molecule has 2 N–H and O–H groups in total. The number of hydrogen-bond acceptors (Lipinski definition) is 5. The van der Waals surface area contributed by atoms with Crippen LogP contribution in [0.3, 0.4) is 0 Å². The summed E-state index contributed by atoms with van der Waals surface area (Å²) < 4.78 is 0.829. The molecule has 3 aromatic rings. The van der Waals surface area contributed by atoms with Crippen molar-refractivity contribution in [3.63, 3.8) is 0 Å². The van der Waals surface area contributed by atoms with Gasteiger partial charge in [0.05, 0.1) is 21.6 Å². The first-order valence-electron chi connectivity index (χ1n) is 7.34. The van der Waals surface area contributed by atoms with Gasteiger partial charge in [0.1, 0.15) is 0 Å². The van der Waals surface area contributed by atoms with E-state index in [0.717, 1.165) is 10.2 Å². The second-order valence-electron chi connectivity index (χ2n) is 5.13. The van der Waals surface area contributed by atoms with Crippen LogP contribution < -0.4 is 5.32 Å². The minimum atomic E-state index is -0.445. The number of anilines is 1. The molecule has 1 aromatic heterocycles. The summed E-state index contributed by atoms with van der Waals surface area (Å²) in [4.78, 5) is 29.7. The summed E-state index contributed by atoms with van der Waals surface area (Å²) in [6.45, 7) is 0. The van der Waals surface area contributed by atoms with Crippen molar-refractivity contribution in [2.45, 2.75) is 11.6 Å². The zero-order valence-corrected chi connectivity index (χ0v) is 15.3. The lowest BCUT2D eigenvalue weighted by Gasteiger charge is -2.06. The van der Waals surface area contributed by atoms with Gasteiger partial charge in [-0.1, -0.05) is 23.9 Å². The highest BCUT2D eigenvalue weighted by atomic mass is 79.9. The number of aromatic nitrogens is 2. The van der Waals surface area contributed by atoms with Crippen molar-refractivity contribution in [1.82, 2.24) is 9.97 Å². The molecule has 25 heavy (non-hydrogen) atoms. The van der Waals surface area contributed by atoms with Crippen molar-refractivity contribution in [2.75, 3.05) is 11.1 Å². The molecule has 0 radical (unpaired) electrons. The van der Waals surface area contributed by atoms with E-state index in [9.17, 15) is 14.9 Å². The molecule has 1 amide bonds. The van der Waals surface area contributed by atoms with E-state index < -0.39 is 4.92 Å². The third-order valence-corrected chi connectivity index (χ3v) is 4.94. The highest BCUT2D eigenvalue weighted by Crippen LogP contribution is 2.24. The molecule has 0 unspecified atom stereocenters. The maximum Gasteiger partial charge on any atom is 0.271 e. The molecule has 0 atom stereocenters. The highest BCUT2D eigenvalue weighted by Gasteiger charge is 2.11. The van der Waals surface area contributed by atoms with Gasteiger partial charge in [-0.15, -0.1) is 0 Å². The number of nitrogens with zero attached hydrogens (tertiary/aromatic N) is 2. The Morgan fingerprint density at radius 2 is 2.12 bits per heavy atom. The molecule has 0 aliphatic carbocycles. The van der Waals surface area contributed by atoms with Crippen LogP contribution in [0.2, 0.25) is 0 Å². The number of benzene rings is 2. The Morgan fingerprint density at radius 1 is 1.32 bits per heavy atom. The molecule has 0 spiro atoms. The summed E-state index contributed by atoms with van der Waals surface area (Å²) in [5.74, 6) is 0.448. The number of thioether (sulfide) groups is 1. The van der Waals surface area contributed by atoms with Crippen LogP contribution in [-0.4, -0.2) is 26.6 Å². The maximum absolute atomic E-state index is 12.0. The van der Waals surface area contributed by atoms with Gasteiger partial charge in [-0.2, -0.15) is 0 Å². The topological polar surface area (TPSA) is 101 Å². The summed E-state index contributed by atoms with van der Waals surface area (Å²) in [6, 6.07) is 11.9. The third-order valence-electron chi connectivity index (χ3n) is 3.37. The second-order valence-corrected chi connectivity index (χ2v) is 7.06. The van der Waals surface area contributed by atoms with Crippen molar-refractivity contribution >= 4 is 56.0 Å². The number of H-pyrrole nitrogens is 1. The Labute approximate surface area is 155 Å². The Morgan fingerprint density at radius 3 is 2.88 bits per heavy atom. The zero-order valence-electron chi connectivity index (χ0n) is 12.9.